The van der Waals surface area contributed by atoms with Crippen LogP contribution in [0.3, 0.4) is 0 Å². The van der Waals surface area contributed by atoms with Crippen molar-refractivity contribution >= 4 is 17.2 Å². The molecule has 5 nitrogen and oxygen atoms in total. The molecule has 0 spiro atoms. The van der Waals surface area contributed by atoms with Crippen LogP contribution in [0.25, 0.3) is 16.9 Å². The van der Waals surface area contributed by atoms with Gasteiger partial charge in [0.05, 0.1) is 24.4 Å². The molecule has 0 fully saturated rings. The topological polar surface area (TPSA) is 63.2 Å². The van der Waals surface area contributed by atoms with E-state index in [2.05, 4.69) is 16.0 Å². The molecule has 3 rings (SSSR count). The van der Waals surface area contributed by atoms with Crippen molar-refractivity contribution in [1.82, 2.24) is 14.4 Å². The minimum absolute atomic E-state index is 0.390. The SMILES string of the molecule is COc1cc(C#N)ccc1-c1cn2cnc(Cl)cc2n1. The molecule has 0 N–H and O–H groups in total. The Morgan fingerprint density at radius 1 is 1.35 bits per heavy atom. The van der Waals surface area contributed by atoms with Gasteiger partial charge in [0.2, 0.25) is 0 Å². The Kier molecular flexibility index (Phi) is 3.01. The molecule has 0 aliphatic carbocycles. The molecule has 0 aliphatic heterocycles. The van der Waals surface area contributed by atoms with E-state index < -0.39 is 0 Å². The van der Waals surface area contributed by atoms with E-state index in [9.17, 15) is 0 Å². The van der Waals surface area contributed by atoms with E-state index >= 15 is 0 Å². The molecule has 0 saturated carbocycles. The van der Waals surface area contributed by atoms with Gasteiger partial charge in [-0.3, -0.25) is 4.40 Å². The second kappa shape index (κ2) is 4.83. The van der Waals surface area contributed by atoms with Crippen molar-refractivity contribution in [3.05, 3.63) is 47.5 Å². The quantitative estimate of drug-likeness (QED) is 0.679. The molecule has 0 saturated heterocycles. The van der Waals surface area contributed by atoms with Gasteiger partial charge in [-0.1, -0.05) is 11.6 Å². The number of ether oxygens (including phenoxy) is 1. The summed E-state index contributed by atoms with van der Waals surface area (Å²) in [5, 5.41) is 9.31. The molecule has 3 aromatic rings. The fourth-order valence-corrected chi connectivity index (χ4v) is 2.11. The molecule has 0 amide bonds. The average molecular weight is 285 g/mol. The zero-order chi connectivity index (χ0) is 14.1. The van der Waals surface area contributed by atoms with Crippen LogP contribution in [0.15, 0.2) is 36.8 Å². The fraction of sp³-hybridized carbons (Fsp3) is 0.0714. The number of fused-ring (bicyclic) bond motifs is 1. The molecule has 0 unspecified atom stereocenters. The summed E-state index contributed by atoms with van der Waals surface area (Å²) in [6.07, 6.45) is 3.44. The number of nitriles is 1. The molecule has 1 aromatic carbocycles. The molecular formula is C14H9ClN4O. The van der Waals surface area contributed by atoms with Crippen molar-refractivity contribution in [2.45, 2.75) is 0 Å². The molecular weight excluding hydrogens is 276 g/mol. The Hall–Kier alpha value is -2.58. The first-order chi connectivity index (χ1) is 9.71. The maximum absolute atomic E-state index is 8.92. The molecule has 98 valence electrons. The molecule has 20 heavy (non-hydrogen) atoms. The first-order valence-electron chi connectivity index (χ1n) is 5.80. The predicted octanol–water partition coefficient (Wildman–Crippen LogP) is 2.93. The normalized spacial score (nSPS) is 10.4. The summed E-state index contributed by atoms with van der Waals surface area (Å²) in [6, 6.07) is 8.99. The van der Waals surface area contributed by atoms with Gasteiger partial charge in [0, 0.05) is 17.8 Å². The zero-order valence-corrected chi connectivity index (χ0v) is 11.3. The number of benzene rings is 1. The monoisotopic (exact) mass is 284 g/mol. The summed E-state index contributed by atoms with van der Waals surface area (Å²) in [5.41, 5.74) is 2.78. The highest BCUT2D eigenvalue weighted by molar-refractivity contribution is 6.29. The first-order valence-corrected chi connectivity index (χ1v) is 6.18. The Morgan fingerprint density at radius 2 is 2.20 bits per heavy atom. The van der Waals surface area contributed by atoms with Crippen LogP contribution < -0.4 is 4.74 Å². The maximum Gasteiger partial charge on any atom is 0.141 e. The fourth-order valence-electron chi connectivity index (χ4n) is 1.97. The third kappa shape index (κ3) is 2.06. The van der Waals surface area contributed by atoms with Gasteiger partial charge in [-0.2, -0.15) is 5.26 Å². The first kappa shape index (κ1) is 12.5. The van der Waals surface area contributed by atoms with Gasteiger partial charge in [-0.25, -0.2) is 9.97 Å². The van der Waals surface area contributed by atoms with E-state index in [1.165, 1.54) is 0 Å². The Morgan fingerprint density at radius 3 is 2.95 bits per heavy atom. The van der Waals surface area contributed by atoms with Gasteiger partial charge in [0.15, 0.2) is 0 Å². The minimum atomic E-state index is 0.390. The third-order valence-electron chi connectivity index (χ3n) is 2.92. The molecule has 0 radical (unpaired) electrons. The van der Waals surface area contributed by atoms with Crippen molar-refractivity contribution in [1.29, 1.82) is 5.26 Å². The van der Waals surface area contributed by atoms with Crippen molar-refractivity contribution in [3.63, 3.8) is 0 Å². The van der Waals surface area contributed by atoms with Crippen LogP contribution in [0.2, 0.25) is 5.15 Å². The van der Waals surface area contributed by atoms with Gasteiger partial charge in [-0.05, 0) is 18.2 Å². The summed E-state index contributed by atoms with van der Waals surface area (Å²) in [5.74, 6) is 0.603. The molecule has 0 atom stereocenters. The number of imidazole rings is 1. The molecule has 0 bridgehead atoms. The van der Waals surface area contributed by atoms with Gasteiger partial charge in [0.1, 0.15) is 22.9 Å². The predicted molar refractivity (Wildman–Crippen MR) is 74.7 cm³/mol. The minimum Gasteiger partial charge on any atom is -0.496 e. The van der Waals surface area contributed by atoms with Crippen molar-refractivity contribution < 1.29 is 4.74 Å². The highest BCUT2D eigenvalue weighted by Crippen LogP contribution is 2.30. The van der Waals surface area contributed by atoms with Crippen molar-refractivity contribution in [2.24, 2.45) is 0 Å². The largest absolute Gasteiger partial charge is 0.496 e. The lowest BCUT2D eigenvalue weighted by atomic mass is 10.1. The van der Waals surface area contributed by atoms with Crippen LogP contribution in [-0.4, -0.2) is 21.5 Å². The molecule has 0 aliphatic rings. The highest BCUT2D eigenvalue weighted by Gasteiger charge is 2.11. The van der Waals surface area contributed by atoms with Crippen LogP contribution in [0.5, 0.6) is 5.75 Å². The van der Waals surface area contributed by atoms with Gasteiger partial charge < -0.3 is 4.74 Å². The van der Waals surface area contributed by atoms with E-state index in [1.807, 2.05) is 12.3 Å². The number of nitrogens with zero attached hydrogens (tertiary/aromatic N) is 4. The van der Waals surface area contributed by atoms with Crippen LogP contribution in [0, 0.1) is 11.3 Å². The second-order valence-corrected chi connectivity index (χ2v) is 4.52. The summed E-state index contributed by atoms with van der Waals surface area (Å²) in [4.78, 5) is 8.48. The lowest BCUT2D eigenvalue weighted by Gasteiger charge is -2.05. The number of methoxy groups -OCH3 is 1. The molecule has 6 heteroatoms. The molecule has 2 aromatic heterocycles. The lowest BCUT2D eigenvalue weighted by Crippen LogP contribution is -1.89. The number of aromatic nitrogens is 3. The number of rotatable bonds is 2. The second-order valence-electron chi connectivity index (χ2n) is 4.13. The smallest absolute Gasteiger partial charge is 0.141 e. The summed E-state index contributed by atoms with van der Waals surface area (Å²) < 4.78 is 7.10. The highest BCUT2D eigenvalue weighted by atomic mass is 35.5. The van der Waals surface area contributed by atoms with Gasteiger partial charge in [0.25, 0.3) is 0 Å². The van der Waals surface area contributed by atoms with Crippen LogP contribution >= 0.6 is 11.6 Å². The van der Waals surface area contributed by atoms with E-state index in [1.54, 1.807) is 36.0 Å². The number of hydrogen-bond acceptors (Lipinski definition) is 4. The van der Waals surface area contributed by atoms with Gasteiger partial charge >= 0.3 is 0 Å². The van der Waals surface area contributed by atoms with Crippen LogP contribution in [-0.2, 0) is 0 Å². The van der Waals surface area contributed by atoms with E-state index in [0.29, 0.717) is 22.1 Å². The summed E-state index contributed by atoms with van der Waals surface area (Å²) in [7, 11) is 1.56. The summed E-state index contributed by atoms with van der Waals surface area (Å²) >= 11 is 5.85. The number of halogens is 1. The van der Waals surface area contributed by atoms with Crippen molar-refractivity contribution in [2.75, 3.05) is 7.11 Å². The maximum atomic E-state index is 8.92. The van der Waals surface area contributed by atoms with E-state index in [4.69, 9.17) is 21.6 Å². The lowest BCUT2D eigenvalue weighted by molar-refractivity contribution is 0.416. The van der Waals surface area contributed by atoms with E-state index in [0.717, 1.165) is 11.3 Å². The van der Waals surface area contributed by atoms with Crippen LogP contribution in [0.4, 0.5) is 0 Å². The Labute approximate surface area is 120 Å². The summed E-state index contributed by atoms with van der Waals surface area (Å²) in [6.45, 7) is 0. The third-order valence-corrected chi connectivity index (χ3v) is 3.13. The van der Waals surface area contributed by atoms with Crippen LogP contribution in [0.1, 0.15) is 5.56 Å². The Bertz CT molecular complexity index is 835. The molecule has 2 heterocycles. The average Bonchev–Trinajstić information content (AvgIpc) is 2.89. The van der Waals surface area contributed by atoms with E-state index in [-0.39, 0.29) is 0 Å². The Balaban J connectivity index is 2.17. The number of hydrogen-bond donors (Lipinski definition) is 0. The van der Waals surface area contributed by atoms with Crippen molar-refractivity contribution in [3.8, 4) is 23.1 Å². The standard InChI is InChI=1S/C14H9ClN4O/c1-20-12-4-9(6-16)2-3-10(12)11-7-19-8-17-13(15)5-14(19)18-11/h2-5,7-8H,1H3. The van der Waals surface area contributed by atoms with Gasteiger partial charge in [-0.15, -0.1) is 0 Å². The zero-order valence-electron chi connectivity index (χ0n) is 10.5.